The Labute approximate surface area is 216 Å². The third kappa shape index (κ3) is 5.51. The fraction of sp³-hybridized carbons (Fsp3) is 0.345. The Morgan fingerprint density at radius 2 is 1.03 bits per heavy atom. The normalized spacial score (nSPS) is 18.9. The molecule has 1 aliphatic rings. The molecule has 0 amide bonds. The summed E-state index contributed by atoms with van der Waals surface area (Å²) >= 11 is 0. The van der Waals surface area contributed by atoms with Crippen molar-refractivity contribution in [2.45, 2.75) is 58.0 Å². The van der Waals surface area contributed by atoms with Crippen molar-refractivity contribution in [3.63, 3.8) is 0 Å². The first-order valence-corrected chi connectivity index (χ1v) is 11.9. The van der Waals surface area contributed by atoms with Crippen LogP contribution in [0, 0.1) is 48.8 Å². The first-order chi connectivity index (χ1) is 17.7. The van der Waals surface area contributed by atoms with Crippen LogP contribution in [-0.4, -0.2) is 18.2 Å². The molecule has 202 valence electrons. The average molecular weight is 537 g/mol. The van der Waals surface area contributed by atoms with E-state index in [1.54, 1.807) is 46.8 Å². The molecule has 0 saturated heterocycles. The molecule has 38 heavy (non-hydrogen) atoms. The fourth-order valence-electron chi connectivity index (χ4n) is 5.00. The maximum absolute atomic E-state index is 14.1. The standard InChI is InChI=1S/C29H26F6O3/c1-13-6-15(7-14(2)28(13)37-12-22(36)38-29(3,4)5)23-24(16-8-18(30)26(34)19(31)9-16)25(23)17-10-20(32)27(35)21(33)11-17/h6-11,23-25H,12H2,1-5H3. The Morgan fingerprint density at radius 3 is 1.37 bits per heavy atom. The van der Waals surface area contributed by atoms with Gasteiger partial charge < -0.3 is 9.47 Å². The number of aryl methyl sites for hydroxylation is 2. The lowest BCUT2D eigenvalue weighted by Crippen LogP contribution is -2.27. The van der Waals surface area contributed by atoms with E-state index in [2.05, 4.69) is 0 Å². The van der Waals surface area contributed by atoms with Gasteiger partial charge in [-0.15, -0.1) is 0 Å². The van der Waals surface area contributed by atoms with Crippen LogP contribution in [0.25, 0.3) is 0 Å². The summed E-state index contributed by atoms with van der Waals surface area (Å²) in [5.74, 6) is -10.8. The van der Waals surface area contributed by atoms with Crippen molar-refractivity contribution in [3.05, 3.63) is 99.1 Å². The highest BCUT2D eigenvalue weighted by Gasteiger charge is 2.53. The molecule has 0 aromatic heterocycles. The topological polar surface area (TPSA) is 35.5 Å². The smallest absolute Gasteiger partial charge is 0.344 e. The molecule has 4 rings (SSSR count). The van der Waals surface area contributed by atoms with Gasteiger partial charge in [0.05, 0.1) is 0 Å². The monoisotopic (exact) mass is 536 g/mol. The van der Waals surface area contributed by atoms with Crippen LogP contribution < -0.4 is 4.74 Å². The number of hydrogen-bond acceptors (Lipinski definition) is 3. The predicted octanol–water partition coefficient (Wildman–Crippen LogP) is 7.52. The molecule has 3 aromatic rings. The van der Waals surface area contributed by atoms with Gasteiger partial charge in [0.2, 0.25) is 0 Å². The summed E-state index contributed by atoms with van der Waals surface area (Å²) in [6.07, 6.45) is 0. The average Bonchev–Trinajstić information content (AvgIpc) is 3.54. The van der Waals surface area contributed by atoms with Crippen LogP contribution in [0.1, 0.15) is 66.3 Å². The first-order valence-electron chi connectivity index (χ1n) is 11.9. The quantitative estimate of drug-likeness (QED) is 0.186. The van der Waals surface area contributed by atoms with Gasteiger partial charge in [-0.3, -0.25) is 0 Å². The lowest BCUT2D eigenvalue weighted by atomic mass is 9.99. The summed E-state index contributed by atoms with van der Waals surface area (Å²) < 4.78 is 94.4. The fourth-order valence-corrected chi connectivity index (χ4v) is 5.00. The second kappa shape index (κ2) is 10.0. The Balaban J connectivity index is 1.70. The molecule has 1 fully saturated rings. The first kappa shape index (κ1) is 27.5. The molecule has 9 heteroatoms. The third-order valence-corrected chi connectivity index (χ3v) is 6.42. The number of hydrogen-bond donors (Lipinski definition) is 0. The Morgan fingerprint density at radius 1 is 0.684 bits per heavy atom. The minimum Gasteiger partial charge on any atom is -0.481 e. The van der Waals surface area contributed by atoms with Gasteiger partial charge in [-0.2, -0.15) is 0 Å². The molecule has 0 spiro atoms. The van der Waals surface area contributed by atoms with E-state index < -0.39 is 64.2 Å². The van der Waals surface area contributed by atoms with E-state index in [1.165, 1.54) is 0 Å². The van der Waals surface area contributed by atoms with Crippen LogP contribution in [-0.2, 0) is 9.53 Å². The van der Waals surface area contributed by atoms with E-state index in [-0.39, 0.29) is 17.7 Å². The van der Waals surface area contributed by atoms with Gasteiger partial charge in [0, 0.05) is 0 Å². The van der Waals surface area contributed by atoms with Crippen molar-refractivity contribution in [2.75, 3.05) is 6.61 Å². The van der Waals surface area contributed by atoms with Crippen LogP contribution >= 0.6 is 0 Å². The molecular weight excluding hydrogens is 510 g/mol. The van der Waals surface area contributed by atoms with Gasteiger partial charge in [0.25, 0.3) is 0 Å². The maximum Gasteiger partial charge on any atom is 0.344 e. The molecule has 0 bridgehead atoms. The van der Waals surface area contributed by atoms with Crippen molar-refractivity contribution in [1.82, 2.24) is 0 Å². The highest BCUT2D eigenvalue weighted by molar-refractivity contribution is 5.71. The molecule has 1 aliphatic carbocycles. The molecular formula is C29H26F6O3. The van der Waals surface area contributed by atoms with E-state index in [4.69, 9.17) is 9.47 Å². The number of carbonyl (C=O) groups excluding carboxylic acids is 1. The van der Waals surface area contributed by atoms with Crippen molar-refractivity contribution in [1.29, 1.82) is 0 Å². The highest BCUT2D eigenvalue weighted by atomic mass is 19.2. The number of esters is 1. The third-order valence-electron chi connectivity index (χ3n) is 6.42. The van der Waals surface area contributed by atoms with E-state index >= 15 is 0 Å². The van der Waals surface area contributed by atoms with Crippen molar-refractivity contribution >= 4 is 5.97 Å². The SMILES string of the molecule is Cc1cc(C2C(c3cc(F)c(F)c(F)c3)C2c2cc(F)c(F)c(F)c2)cc(C)c1OCC(=O)OC(C)(C)C. The molecule has 3 aromatic carbocycles. The number of carbonyl (C=O) groups is 1. The number of rotatable bonds is 6. The van der Waals surface area contributed by atoms with Crippen LogP contribution in [0.3, 0.4) is 0 Å². The van der Waals surface area contributed by atoms with Gasteiger partial charge in [-0.25, -0.2) is 31.1 Å². The highest BCUT2D eigenvalue weighted by Crippen LogP contribution is 2.66. The Bertz CT molecular complexity index is 1280. The van der Waals surface area contributed by atoms with E-state index in [1.807, 2.05) is 0 Å². The number of halogens is 6. The summed E-state index contributed by atoms with van der Waals surface area (Å²) in [6.45, 7) is 8.35. The lowest BCUT2D eigenvalue weighted by Gasteiger charge is -2.20. The van der Waals surface area contributed by atoms with Crippen molar-refractivity contribution in [2.24, 2.45) is 0 Å². The maximum atomic E-state index is 14.1. The van der Waals surface area contributed by atoms with Crippen molar-refractivity contribution < 1.29 is 40.6 Å². The minimum atomic E-state index is -1.63. The number of benzene rings is 3. The van der Waals surface area contributed by atoms with Crippen LogP contribution in [0.15, 0.2) is 36.4 Å². The zero-order valence-corrected chi connectivity index (χ0v) is 21.4. The summed E-state index contributed by atoms with van der Waals surface area (Å²) in [6, 6.07) is 6.88. The molecule has 0 radical (unpaired) electrons. The largest absolute Gasteiger partial charge is 0.481 e. The molecule has 3 nitrogen and oxygen atoms in total. The van der Waals surface area contributed by atoms with Crippen LogP contribution in [0.5, 0.6) is 5.75 Å². The second-order valence-corrected chi connectivity index (χ2v) is 10.5. The zero-order valence-electron chi connectivity index (χ0n) is 21.4. The van der Waals surface area contributed by atoms with Crippen LogP contribution in [0.2, 0.25) is 0 Å². The summed E-state index contributed by atoms with van der Waals surface area (Å²) in [4.78, 5) is 12.1. The lowest BCUT2D eigenvalue weighted by molar-refractivity contribution is -0.157. The van der Waals surface area contributed by atoms with E-state index in [9.17, 15) is 31.1 Å². The molecule has 1 saturated carbocycles. The molecule has 2 atom stereocenters. The van der Waals surface area contributed by atoms with E-state index in [0.29, 0.717) is 22.4 Å². The van der Waals surface area contributed by atoms with E-state index in [0.717, 1.165) is 24.3 Å². The second-order valence-electron chi connectivity index (χ2n) is 10.5. The molecule has 0 heterocycles. The zero-order chi connectivity index (χ0) is 28.1. The molecule has 2 unspecified atom stereocenters. The van der Waals surface area contributed by atoms with Gasteiger partial charge in [0.1, 0.15) is 11.4 Å². The molecule has 0 aliphatic heterocycles. The van der Waals surface area contributed by atoms with Crippen LogP contribution in [0.4, 0.5) is 26.3 Å². The van der Waals surface area contributed by atoms with Crippen molar-refractivity contribution in [3.8, 4) is 5.75 Å². The Kier molecular flexibility index (Phi) is 7.25. The predicted molar refractivity (Wildman–Crippen MR) is 128 cm³/mol. The Hall–Kier alpha value is -3.49. The van der Waals surface area contributed by atoms with Gasteiger partial charge >= 0.3 is 5.97 Å². The summed E-state index contributed by atoms with van der Waals surface area (Å²) in [7, 11) is 0. The minimum absolute atomic E-state index is 0.0992. The molecule has 0 N–H and O–H groups in total. The summed E-state index contributed by atoms with van der Waals surface area (Å²) in [5, 5.41) is 0. The summed E-state index contributed by atoms with van der Waals surface area (Å²) in [5.41, 5.74) is 1.46. The van der Waals surface area contributed by atoms with Gasteiger partial charge in [-0.05, 0) is 104 Å². The number of ether oxygens (including phenoxy) is 2. The van der Waals surface area contributed by atoms with Gasteiger partial charge in [0.15, 0.2) is 41.5 Å². The van der Waals surface area contributed by atoms with Gasteiger partial charge in [-0.1, -0.05) is 12.1 Å².